The number of hydrogen-bond donors (Lipinski definition) is 3. The van der Waals surface area contributed by atoms with E-state index in [0.29, 0.717) is 50.0 Å². The minimum Gasteiger partial charge on any atom is -0.481 e. The Morgan fingerprint density at radius 2 is 1.97 bits per heavy atom. The van der Waals surface area contributed by atoms with Crippen molar-refractivity contribution in [3.8, 4) is 0 Å². The molecule has 0 spiro atoms. The zero-order chi connectivity index (χ0) is 23.8. The largest absolute Gasteiger partial charge is 0.481 e. The van der Waals surface area contributed by atoms with Crippen molar-refractivity contribution in [3.63, 3.8) is 0 Å². The lowest BCUT2D eigenvalue weighted by molar-refractivity contribution is -0.271. The van der Waals surface area contributed by atoms with Crippen LogP contribution in [0.4, 0.5) is 0 Å². The van der Waals surface area contributed by atoms with Crippen molar-refractivity contribution >= 4 is 17.8 Å². The molecule has 1 aromatic heterocycles. The standard InChI is InChI=1S/C24H33NO8/c1-2-6-14-11-16-21(23(30)25(22(16)29)10-5-3-4-7-20(27)28)17-12-19(33-24(14,17)31)18-9-8-15(13-26)32-18/h8-9,14,16-17,19,21,26,31H,2-7,10-13H2,1H3,(H,27,28)/t14-,16-,17-,19-,21-,24+/m0/s1. The molecule has 33 heavy (non-hydrogen) atoms. The summed E-state index contributed by atoms with van der Waals surface area (Å²) < 4.78 is 11.8. The van der Waals surface area contributed by atoms with Crippen molar-refractivity contribution in [2.75, 3.05) is 6.54 Å². The predicted octanol–water partition coefficient (Wildman–Crippen LogP) is 2.60. The van der Waals surface area contributed by atoms with Crippen molar-refractivity contribution in [1.29, 1.82) is 0 Å². The van der Waals surface area contributed by atoms with Crippen LogP contribution in [0.3, 0.4) is 0 Å². The zero-order valence-electron chi connectivity index (χ0n) is 18.9. The second-order valence-electron chi connectivity index (χ2n) is 9.55. The van der Waals surface area contributed by atoms with Crippen LogP contribution < -0.4 is 0 Å². The van der Waals surface area contributed by atoms with Gasteiger partial charge in [0, 0.05) is 24.8 Å². The number of amides is 2. The number of aliphatic carboxylic acids is 1. The van der Waals surface area contributed by atoms with Gasteiger partial charge in [-0.1, -0.05) is 19.8 Å². The van der Waals surface area contributed by atoms with Crippen LogP contribution in [0, 0.1) is 23.7 Å². The van der Waals surface area contributed by atoms with Gasteiger partial charge in [0.2, 0.25) is 11.8 Å². The lowest BCUT2D eigenvalue weighted by Gasteiger charge is -2.44. The van der Waals surface area contributed by atoms with Crippen molar-refractivity contribution in [2.45, 2.75) is 76.8 Å². The lowest BCUT2D eigenvalue weighted by atomic mass is 9.63. The van der Waals surface area contributed by atoms with Gasteiger partial charge >= 0.3 is 5.97 Å². The first kappa shape index (κ1) is 23.9. The van der Waals surface area contributed by atoms with E-state index in [4.69, 9.17) is 14.3 Å². The molecule has 2 aliphatic heterocycles. The molecule has 3 aliphatic rings. The van der Waals surface area contributed by atoms with Crippen molar-refractivity contribution in [3.05, 3.63) is 23.7 Å². The highest BCUT2D eigenvalue weighted by Crippen LogP contribution is 2.59. The summed E-state index contributed by atoms with van der Waals surface area (Å²) in [5.74, 6) is -3.79. The Bertz CT molecular complexity index is 897. The van der Waals surface area contributed by atoms with Gasteiger partial charge in [-0.3, -0.25) is 19.3 Å². The van der Waals surface area contributed by atoms with Gasteiger partial charge in [-0.25, -0.2) is 0 Å². The molecule has 182 valence electrons. The van der Waals surface area contributed by atoms with Gasteiger partial charge in [-0.2, -0.15) is 0 Å². The van der Waals surface area contributed by atoms with Gasteiger partial charge in [0.1, 0.15) is 24.2 Å². The molecule has 0 unspecified atom stereocenters. The maximum absolute atomic E-state index is 13.4. The monoisotopic (exact) mass is 463 g/mol. The molecule has 6 atom stereocenters. The van der Waals surface area contributed by atoms with Gasteiger partial charge in [0.05, 0.1) is 11.8 Å². The third-order valence-corrected chi connectivity index (χ3v) is 7.52. The van der Waals surface area contributed by atoms with E-state index in [1.54, 1.807) is 12.1 Å². The summed E-state index contributed by atoms with van der Waals surface area (Å²) in [4.78, 5) is 38.6. The number of nitrogens with zero attached hydrogens (tertiary/aromatic N) is 1. The molecular weight excluding hydrogens is 430 g/mol. The van der Waals surface area contributed by atoms with Crippen molar-refractivity contribution < 1.29 is 38.9 Å². The van der Waals surface area contributed by atoms with Crippen LogP contribution in [0.25, 0.3) is 0 Å². The smallest absolute Gasteiger partial charge is 0.303 e. The van der Waals surface area contributed by atoms with Gasteiger partial charge in [0.15, 0.2) is 5.79 Å². The van der Waals surface area contributed by atoms with Gasteiger partial charge < -0.3 is 24.5 Å². The van der Waals surface area contributed by atoms with E-state index >= 15 is 0 Å². The molecule has 0 radical (unpaired) electrons. The van der Waals surface area contributed by atoms with E-state index in [9.17, 15) is 24.6 Å². The van der Waals surface area contributed by atoms with Crippen molar-refractivity contribution in [1.82, 2.24) is 4.90 Å². The summed E-state index contributed by atoms with van der Waals surface area (Å²) >= 11 is 0. The number of aliphatic hydroxyl groups excluding tert-OH is 1. The SMILES string of the molecule is CCC[C@H]1C[C@@H]2C(=O)N(CCCCCC(=O)O)C(=O)[C@@H]2[C@@H]2C[C@@H](c3ccc(CO)o3)O[C@]12O. The molecule has 2 saturated heterocycles. The lowest BCUT2D eigenvalue weighted by Crippen LogP contribution is -2.53. The Morgan fingerprint density at radius 1 is 1.18 bits per heavy atom. The highest BCUT2D eigenvalue weighted by atomic mass is 16.6. The summed E-state index contributed by atoms with van der Waals surface area (Å²) in [7, 11) is 0. The minimum atomic E-state index is -1.51. The summed E-state index contributed by atoms with van der Waals surface area (Å²) in [5.41, 5.74) is 0. The van der Waals surface area contributed by atoms with Crippen LogP contribution in [-0.2, 0) is 25.7 Å². The predicted molar refractivity (Wildman–Crippen MR) is 114 cm³/mol. The van der Waals surface area contributed by atoms with Crippen LogP contribution in [0.1, 0.15) is 75.9 Å². The van der Waals surface area contributed by atoms with E-state index in [2.05, 4.69) is 0 Å². The number of fused-ring (bicyclic) bond motifs is 3. The number of imide groups is 1. The minimum absolute atomic E-state index is 0.0739. The average Bonchev–Trinajstić information content (AvgIpc) is 3.45. The summed E-state index contributed by atoms with van der Waals surface area (Å²) in [6.45, 7) is 2.05. The third-order valence-electron chi connectivity index (χ3n) is 7.52. The number of rotatable bonds is 10. The average molecular weight is 464 g/mol. The van der Waals surface area contributed by atoms with Crippen LogP contribution in [-0.4, -0.2) is 50.3 Å². The number of carboxylic acids is 1. The molecule has 9 heteroatoms. The Hall–Kier alpha value is -2.23. The molecule has 3 heterocycles. The molecule has 3 fully saturated rings. The number of aliphatic hydroxyl groups is 2. The van der Waals surface area contributed by atoms with Crippen molar-refractivity contribution in [2.24, 2.45) is 23.7 Å². The van der Waals surface area contributed by atoms with E-state index in [1.165, 1.54) is 4.90 Å². The number of carboxylic acid groups (broad SMARTS) is 1. The molecule has 1 saturated carbocycles. The van der Waals surface area contributed by atoms with E-state index in [-0.39, 0.29) is 37.3 Å². The third kappa shape index (κ3) is 4.34. The van der Waals surface area contributed by atoms with Gasteiger partial charge in [-0.15, -0.1) is 0 Å². The Balaban J connectivity index is 1.52. The fourth-order valence-corrected chi connectivity index (χ4v) is 6.00. The van der Waals surface area contributed by atoms with E-state index < -0.39 is 35.6 Å². The Morgan fingerprint density at radius 3 is 2.64 bits per heavy atom. The Labute approximate surface area is 192 Å². The molecule has 3 N–H and O–H groups in total. The number of carbonyl (C=O) groups is 3. The molecular formula is C24H33NO8. The van der Waals surface area contributed by atoms with Gasteiger partial charge in [-0.05, 0) is 44.2 Å². The summed E-state index contributed by atoms with van der Waals surface area (Å²) in [5, 5.41) is 29.8. The van der Waals surface area contributed by atoms with Crippen LogP contribution >= 0.6 is 0 Å². The number of carbonyl (C=O) groups excluding carboxylic acids is 2. The number of ether oxygens (including phenoxy) is 1. The fraction of sp³-hybridized carbons (Fsp3) is 0.708. The first-order chi connectivity index (χ1) is 15.8. The molecule has 1 aliphatic carbocycles. The van der Waals surface area contributed by atoms with Crippen LogP contribution in [0.15, 0.2) is 16.5 Å². The van der Waals surface area contributed by atoms with Crippen LogP contribution in [0.5, 0.6) is 0 Å². The summed E-state index contributed by atoms with van der Waals surface area (Å²) in [6.07, 6.45) is 3.48. The number of hydrogen-bond acceptors (Lipinski definition) is 7. The highest BCUT2D eigenvalue weighted by Gasteiger charge is 2.66. The van der Waals surface area contributed by atoms with E-state index in [1.807, 2.05) is 6.92 Å². The van der Waals surface area contributed by atoms with Crippen LogP contribution in [0.2, 0.25) is 0 Å². The quantitative estimate of drug-likeness (QED) is 0.356. The molecule has 1 aromatic rings. The highest BCUT2D eigenvalue weighted by molar-refractivity contribution is 6.05. The summed E-state index contributed by atoms with van der Waals surface area (Å²) in [6, 6.07) is 3.38. The van der Waals surface area contributed by atoms with E-state index in [0.717, 1.165) is 6.42 Å². The number of unbranched alkanes of at least 4 members (excludes halogenated alkanes) is 2. The number of likely N-dealkylation sites (tertiary alicyclic amines) is 1. The molecule has 9 nitrogen and oxygen atoms in total. The fourth-order valence-electron chi connectivity index (χ4n) is 6.00. The maximum Gasteiger partial charge on any atom is 0.303 e. The second kappa shape index (κ2) is 9.56. The molecule has 0 bridgehead atoms. The Kier molecular flexibility index (Phi) is 6.93. The number of furan rings is 1. The molecule has 2 amide bonds. The normalized spacial score (nSPS) is 33.4. The van der Waals surface area contributed by atoms with Gasteiger partial charge in [0.25, 0.3) is 0 Å². The topological polar surface area (TPSA) is 138 Å². The zero-order valence-corrected chi connectivity index (χ0v) is 18.9. The first-order valence-corrected chi connectivity index (χ1v) is 12.0. The first-order valence-electron chi connectivity index (χ1n) is 12.0. The maximum atomic E-state index is 13.4. The second-order valence-corrected chi connectivity index (χ2v) is 9.55. The molecule has 0 aromatic carbocycles. The molecule has 4 rings (SSSR count).